The number of carboxylic acids is 1. The van der Waals surface area contributed by atoms with Crippen molar-refractivity contribution in [1.29, 1.82) is 0 Å². The van der Waals surface area contributed by atoms with Crippen LogP contribution in [0.4, 0.5) is 0 Å². The van der Waals surface area contributed by atoms with Crippen LogP contribution in [-0.4, -0.2) is 36.2 Å². The van der Waals surface area contributed by atoms with E-state index in [2.05, 4.69) is 33.9 Å². The predicted molar refractivity (Wildman–Crippen MR) is 73.1 cm³/mol. The van der Waals surface area contributed by atoms with Crippen molar-refractivity contribution >= 4 is 14.3 Å². The van der Waals surface area contributed by atoms with E-state index >= 15 is 0 Å². The highest BCUT2D eigenvalue weighted by atomic mass is 28.4. The Morgan fingerprint density at radius 3 is 2.06 bits per heavy atom. The van der Waals surface area contributed by atoms with Gasteiger partial charge >= 0.3 is 5.97 Å². The molecule has 0 aliphatic heterocycles. The number of hydrogen-bond donors (Lipinski definition) is 2. The van der Waals surface area contributed by atoms with Crippen LogP contribution in [-0.2, 0) is 9.22 Å². The summed E-state index contributed by atoms with van der Waals surface area (Å²) in [6.07, 6.45) is 1.96. The Labute approximate surface area is 110 Å². The van der Waals surface area contributed by atoms with E-state index in [0.29, 0.717) is 25.7 Å². The average Bonchev–Trinajstić information content (AvgIpc) is 2.19. The van der Waals surface area contributed by atoms with E-state index in [4.69, 9.17) is 9.53 Å². The summed E-state index contributed by atoms with van der Waals surface area (Å²) < 4.78 is 6.25. The molecule has 1 fully saturated rings. The van der Waals surface area contributed by atoms with Gasteiger partial charge in [0.2, 0.25) is 0 Å². The lowest BCUT2D eigenvalue weighted by atomic mass is 9.83. The van der Waals surface area contributed by atoms with E-state index in [1.165, 1.54) is 0 Å². The molecule has 0 atom stereocenters. The van der Waals surface area contributed by atoms with Gasteiger partial charge in [0.1, 0.15) is 0 Å². The lowest BCUT2D eigenvalue weighted by molar-refractivity contribution is -0.163. The summed E-state index contributed by atoms with van der Waals surface area (Å²) >= 11 is 0. The first-order valence-corrected chi connectivity index (χ1v) is 9.52. The van der Waals surface area contributed by atoms with E-state index in [9.17, 15) is 9.90 Å². The second-order valence-corrected chi connectivity index (χ2v) is 11.7. The number of aliphatic carboxylic acids is 1. The molecule has 0 aromatic carbocycles. The third-order valence-electron chi connectivity index (χ3n) is 4.43. The van der Waals surface area contributed by atoms with Crippen LogP contribution in [0.1, 0.15) is 46.5 Å². The smallest absolute Gasteiger partial charge is 0.335 e. The molecule has 1 saturated carbocycles. The van der Waals surface area contributed by atoms with Crippen LogP contribution in [0.5, 0.6) is 0 Å². The second-order valence-electron chi connectivity index (χ2n) is 6.91. The van der Waals surface area contributed by atoms with Gasteiger partial charge in [-0.25, -0.2) is 4.79 Å². The predicted octanol–water partition coefficient (Wildman–Crippen LogP) is 2.77. The normalized spacial score (nSPS) is 30.2. The Hall–Kier alpha value is -0.393. The third kappa shape index (κ3) is 3.33. The number of carbonyl (C=O) groups is 1. The monoisotopic (exact) mass is 274 g/mol. The van der Waals surface area contributed by atoms with Crippen molar-refractivity contribution in [3.8, 4) is 0 Å². The minimum atomic E-state index is -1.79. The molecule has 5 heteroatoms. The van der Waals surface area contributed by atoms with Gasteiger partial charge < -0.3 is 14.6 Å². The van der Waals surface area contributed by atoms with Crippen molar-refractivity contribution in [2.45, 2.75) is 76.3 Å². The van der Waals surface area contributed by atoms with Gasteiger partial charge in [0.25, 0.3) is 0 Å². The summed E-state index contributed by atoms with van der Waals surface area (Å²) in [6, 6.07) is 0. The highest BCUT2D eigenvalue weighted by Gasteiger charge is 2.44. The first-order valence-electron chi connectivity index (χ1n) is 6.61. The van der Waals surface area contributed by atoms with Crippen molar-refractivity contribution in [2.75, 3.05) is 0 Å². The molecule has 2 N–H and O–H groups in total. The van der Waals surface area contributed by atoms with Crippen molar-refractivity contribution in [3.63, 3.8) is 0 Å². The highest BCUT2D eigenvalue weighted by molar-refractivity contribution is 6.74. The van der Waals surface area contributed by atoms with Crippen LogP contribution in [0.15, 0.2) is 0 Å². The molecule has 18 heavy (non-hydrogen) atoms. The summed E-state index contributed by atoms with van der Waals surface area (Å²) in [5.74, 6) is -1.10. The topological polar surface area (TPSA) is 66.8 Å². The van der Waals surface area contributed by atoms with Crippen LogP contribution < -0.4 is 0 Å². The summed E-state index contributed by atoms with van der Waals surface area (Å²) in [5.41, 5.74) is -1.53. The van der Waals surface area contributed by atoms with Crippen LogP contribution in [0.2, 0.25) is 18.1 Å². The molecule has 0 saturated heterocycles. The summed E-state index contributed by atoms with van der Waals surface area (Å²) in [4.78, 5) is 10.9. The molecule has 106 valence electrons. The zero-order chi connectivity index (χ0) is 14.2. The number of carboxylic acid groups (broad SMARTS) is 1. The van der Waals surface area contributed by atoms with Crippen molar-refractivity contribution in [1.82, 2.24) is 0 Å². The first-order chi connectivity index (χ1) is 7.98. The fraction of sp³-hybridized carbons (Fsp3) is 0.923. The van der Waals surface area contributed by atoms with Gasteiger partial charge in [-0.2, -0.15) is 0 Å². The number of rotatable bonds is 3. The minimum Gasteiger partial charge on any atom is -0.479 e. The number of aliphatic hydroxyl groups is 1. The molecule has 1 aliphatic rings. The zero-order valence-electron chi connectivity index (χ0n) is 12.1. The molecule has 0 heterocycles. The lowest BCUT2D eigenvalue weighted by Gasteiger charge is -2.42. The van der Waals surface area contributed by atoms with Gasteiger partial charge in [-0.3, -0.25) is 0 Å². The molecular weight excluding hydrogens is 248 g/mol. The number of hydrogen-bond acceptors (Lipinski definition) is 3. The van der Waals surface area contributed by atoms with Gasteiger partial charge in [0.15, 0.2) is 13.9 Å². The fourth-order valence-electron chi connectivity index (χ4n) is 1.99. The second kappa shape index (κ2) is 4.94. The Kier molecular flexibility index (Phi) is 4.30. The van der Waals surface area contributed by atoms with Gasteiger partial charge in [-0.05, 0) is 43.8 Å². The van der Waals surface area contributed by atoms with Crippen LogP contribution >= 0.6 is 0 Å². The van der Waals surface area contributed by atoms with Crippen LogP contribution in [0, 0.1) is 0 Å². The SMILES string of the molecule is CC(C)(C)[Si](C)(C)O[C@H]1CC[C@](O)(C(=O)O)CC1. The van der Waals surface area contributed by atoms with Crippen molar-refractivity contribution in [2.24, 2.45) is 0 Å². The van der Waals surface area contributed by atoms with Crippen molar-refractivity contribution in [3.05, 3.63) is 0 Å². The largest absolute Gasteiger partial charge is 0.479 e. The van der Waals surface area contributed by atoms with Gasteiger partial charge in [0, 0.05) is 6.10 Å². The minimum absolute atomic E-state index is 0.102. The Morgan fingerprint density at radius 2 is 1.72 bits per heavy atom. The first kappa shape index (κ1) is 15.7. The van der Waals surface area contributed by atoms with E-state index < -0.39 is 19.9 Å². The average molecular weight is 274 g/mol. The van der Waals surface area contributed by atoms with Crippen molar-refractivity contribution < 1.29 is 19.4 Å². The molecule has 4 nitrogen and oxygen atoms in total. The molecule has 0 unspecified atom stereocenters. The Morgan fingerprint density at radius 1 is 1.28 bits per heavy atom. The molecule has 0 amide bonds. The van der Waals surface area contributed by atoms with Gasteiger partial charge in [-0.1, -0.05) is 20.8 Å². The summed E-state index contributed by atoms with van der Waals surface area (Å²) in [5, 5.41) is 19.0. The molecular formula is C13H26O4Si. The Balaban J connectivity index is 2.58. The molecule has 0 aromatic rings. The highest BCUT2D eigenvalue weighted by Crippen LogP contribution is 2.40. The van der Waals surface area contributed by atoms with Crippen LogP contribution in [0.25, 0.3) is 0 Å². The van der Waals surface area contributed by atoms with E-state index in [1.807, 2.05) is 0 Å². The standard InChI is InChI=1S/C13H26O4Si/c1-12(2,3)18(4,5)17-10-6-8-13(16,9-7-10)11(14)15/h10,16H,6-9H2,1-5H3,(H,14,15)/t10-,13+. The van der Waals surface area contributed by atoms with Gasteiger partial charge in [-0.15, -0.1) is 0 Å². The van der Waals surface area contributed by atoms with Crippen LogP contribution in [0.3, 0.4) is 0 Å². The molecule has 1 rings (SSSR count). The molecule has 0 aromatic heterocycles. The van der Waals surface area contributed by atoms with E-state index in [1.54, 1.807) is 0 Å². The quantitative estimate of drug-likeness (QED) is 0.777. The summed E-state index contributed by atoms with van der Waals surface area (Å²) in [6.45, 7) is 11.0. The lowest BCUT2D eigenvalue weighted by Crippen LogP contribution is -2.48. The molecule has 0 spiro atoms. The molecule has 1 aliphatic carbocycles. The maximum absolute atomic E-state index is 10.9. The summed E-state index contributed by atoms with van der Waals surface area (Å²) in [7, 11) is -1.79. The third-order valence-corrected chi connectivity index (χ3v) is 8.96. The van der Waals surface area contributed by atoms with Gasteiger partial charge in [0.05, 0.1) is 0 Å². The molecule has 0 radical (unpaired) electrons. The molecule has 0 bridgehead atoms. The van der Waals surface area contributed by atoms with E-state index in [0.717, 1.165) is 0 Å². The maximum Gasteiger partial charge on any atom is 0.335 e. The zero-order valence-corrected chi connectivity index (χ0v) is 13.1. The maximum atomic E-state index is 10.9. The van der Waals surface area contributed by atoms with E-state index in [-0.39, 0.29) is 11.1 Å². The fourth-order valence-corrected chi connectivity index (χ4v) is 3.42. The Bertz CT molecular complexity index is 311.